The summed E-state index contributed by atoms with van der Waals surface area (Å²) in [6.07, 6.45) is 0.0244. The number of hydrazone groups is 1. The maximum absolute atomic E-state index is 11.9. The summed E-state index contributed by atoms with van der Waals surface area (Å²) in [4.78, 5) is 23.0. The number of anilines is 1. The van der Waals surface area contributed by atoms with E-state index in [0.717, 1.165) is 0 Å². The molecule has 1 aromatic rings. The number of aliphatic carboxylic acids is 1. The minimum atomic E-state index is -1.15. The molecule has 1 heterocycles. The van der Waals surface area contributed by atoms with Gasteiger partial charge in [-0.05, 0) is 32.0 Å². The van der Waals surface area contributed by atoms with Crippen LogP contribution in [-0.2, 0) is 9.59 Å². The molecule has 20 heavy (non-hydrogen) atoms. The van der Waals surface area contributed by atoms with Crippen molar-refractivity contribution >= 4 is 46.4 Å². The second kappa shape index (κ2) is 5.07. The van der Waals surface area contributed by atoms with E-state index >= 15 is 0 Å². The number of nitrogens with zero attached hydrogens (tertiary/aromatic N) is 2. The van der Waals surface area contributed by atoms with E-state index in [9.17, 15) is 9.59 Å². The van der Waals surface area contributed by atoms with E-state index in [4.69, 9.17) is 28.3 Å². The van der Waals surface area contributed by atoms with Gasteiger partial charge in [-0.15, -0.1) is 0 Å². The summed E-state index contributed by atoms with van der Waals surface area (Å²) >= 11 is 12.0. The van der Waals surface area contributed by atoms with Gasteiger partial charge < -0.3 is 5.11 Å². The Morgan fingerprint density at radius 2 is 2.05 bits per heavy atom. The normalized spacial score (nSPS) is 21.8. The number of benzene rings is 1. The van der Waals surface area contributed by atoms with Gasteiger partial charge in [-0.1, -0.05) is 23.2 Å². The summed E-state index contributed by atoms with van der Waals surface area (Å²) in [5, 5.41) is 15.2. The first-order chi connectivity index (χ1) is 9.25. The Morgan fingerprint density at radius 3 is 2.55 bits per heavy atom. The SMILES string of the molecule is CC(=O)C1(C)CC(C(=O)O)=NN1c1ccc(Cl)cc1Cl. The van der Waals surface area contributed by atoms with Gasteiger partial charge in [0.05, 0.1) is 10.7 Å². The summed E-state index contributed by atoms with van der Waals surface area (Å²) in [5.41, 5.74) is -0.690. The molecule has 7 heteroatoms. The van der Waals surface area contributed by atoms with Gasteiger partial charge >= 0.3 is 5.97 Å². The molecule has 1 aromatic carbocycles. The Labute approximate surface area is 125 Å². The zero-order valence-corrected chi connectivity index (χ0v) is 12.4. The minimum Gasteiger partial charge on any atom is -0.477 e. The number of carboxylic acid groups (broad SMARTS) is 1. The van der Waals surface area contributed by atoms with E-state index < -0.39 is 11.5 Å². The predicted octanol–water partition coefficient (Wildman–Crippen LogP) is 2.99. The van der Waals surface area contributed by atoms with Gasteiger partial charge in [-0.2, -0.15) is 5.10 Å². The fraction of sp³-hybridized carbons (Fsp3) is 0.308. The molecular formula is C13H12Cl2N2O3. The van der Waals surface area contributed by atoms with Crippen LogP contribution < -0.4 is 5.01 Å². The third-order valence-corrected chi connectivity index (χ3v) is 3.88. The quantitative estimate of drug-likeness (QED) is 0.931. The summed E-state index contributed by atoms with van der Waals surface area (Å²) in [5.74, 6) is -1.34. The van der Waals surface area contributed by atoms with Crippen LogP contribution in [0.15, 0.2) is 23.3 Å². The average molecular weight is 315 g/mol. The number of hydrogen-bond acceptors (Lipinski definition) is 4. The molecule has 0 amide bonds. The molecule has 1 aliphatic rings. The van der Waals surface area contributed by atoms with Crippen molar-refractivity contribution < 1.29 is 14.7 Å². The van der Waals surface area contributed by atoms with Crippen molar-refractivity contribution in [3.8, 4) is 0 Å². The van der Waals surface area contributed by atoms with E-state index in [1.54, 1.807) is 19.1 Å². The molecule has 1 atom stereocenters. The Balaban J connectivity index is 2.55. The van der Waals surface area contributed by atoms with Gasteiger partial charge in [0.25, 0.3) is 0 Å². The lowest BCUT2D eigenvalue weighted by atomic mass is 9.91. The van der Waals surface area contributed by atoms with Crippen molar-refractivity contribution in [2.75, 3.05) is 5.01 Å². The highest BCUT2D eigenvalue weighted by Crippen LogP contribution is 2.38. The van der Waals surface area contributed by atoms with E-state index in [2.05, 4.69) is 5.10 Å². The molecule has 1 aliphatic heterocycles. The number of ketones is 1. The van der Waals surface area contributed by atoms with Crippen LogP contribution in [0.4, 0.5) is 5.69 Å². The van der Waals surface area contributed by atoms with Gasteiger partial charge in [-0.25, -0.2) is 9.80 Å². The fourth-order valence-electron chi connectivity index (χ4n) is 2.03. The molecule has 5 nitrogen and oxygen atoms in total. The smallest absolute Gasteiger partial charge is 0.352 e. The molecule has 2 rings (SSSR count). The molecule has 1 unspecified atom stereocenters. The van der Waals surface area contributed by atoms with Gasteiger partial charge in [0.2, 0.25) is 0 Å². The van der Waals surface area contributed by atoms with Crippen molar-refractivity contribution in [2.45, 2.75) is 25.8 Å². The average Bonchev–Trinajstić information content (AvgIpc) is 2.69. The van der Waals surface area contributed by atoms with Crippen LogP contribution in [0.2, 0.25) is 10.0 Å². The summed E-state index contributed by atoms with van der Waals surface area (Å²) in [6, 6.07) is 4.74. The van der Waals surface area contributed by atoms with E-state index in [1.807, 2.05) is 0 Å². The number of halogens is 2. The van der Waals surface area contributed by atoms with Crippen molar-refractivity contribution in [1.29, 1.82) is 0 Å². The van der Waals surface area contributed by atoms with E-state index in [1.165, 1.54) is 18.0 Å². The lowest BCUT2D eigenvalue weighted by molar-refractivity contribution is -0.129. The molecule has 0 fully saturated rings. The molecule has 0 bridgehead atoms. The minimum absolute atomic E-state index is 0.0244. The topological polar surface area (TPSA) is 70.0 Å². The number of Topliss-reactive ketones (excluding diaryl/α,β-unsaturated/α-hetero) is 1. The van der Waals surface area contributed by atoms with Gasteiger partial charge in [0.15, 0.2) is 5.78 Å². The lowest BCUT2D eigenvalue weighted by Gasteiger charge is -2.32. The summed E-state index contributed by atoms with van der Waals surface area (Å²) in [7, 11) is 0. The standard InChI is InChI=1S/C13H12Cl2N2O3/c1-7(18)13(2)6-10(12(19)20)16-17(13)11-4-3-8(14)5-9(11)15/h3-5H,6H2,1-2H3,(H,19,20). The van der Waals surface area contributed by atoms with Crippen molar-refractivity contribution in [2.24, 2.45) is 5.10 Å². The van der Waals surface area contributed by atoms with Crippen LogP contribution in [-0.4, -0.2) is 28.1 Å². The first-order valence-corrected chi connectivity index (χ1v) is 6.58. The second-order valence-corrected chi connectivity index (χ2v) is 5.61. The number of rotatable bonds is 3. The number of carbonyl (C=O) groups is 2. The Bertz CT molecular complexity index is 630. The maximum atomic E-state index is 11.9. The second-order valence-electron chi connectivity index (χ2n) is 4.77. The largest absolute Gasteiger partial charge is 0.477 e. The van der Waals surface area contributed by atoms with Crippen LogP contribution in [0.5, 0.6) is 0 Å². The van der Waals surface area contributed by atoms with Gasteiger partial charge in [0, 0.05) is 11.4 Å². The maximum Gasteiger partial charge on any atom is 0.352 e. The van der Waals surface area contributed by atoms with Crippen molar-refractivity contribution in [3.63, 3.8) is 0 Å². The fourth-order valence-corrected chi connectivity index (χ4v) is 2.52. The number of carbonyl (C=O) groups excluding carboxylic acids is 1. The van der Waals surface area contributed by atoms with E-state index in [-0.39, 0.29) is 17.9 Å². The van der Waals surface area contributed by atoms with E-state index in [0.29, 0.717) is 15.7 Å². The summed E-state index contributed by atoms with van der Waals surface area (Å²) < 4.78 is 0. The molecule has 1 N–H and O–H groups in total. The first kappa shape index (κ1) is 14.8. The highest BCUT2D eigenvalue weighted by atomic mass is 35.5. The van der Waals surface area contributed by atoms with Crippen molar-refractivity contribution in [3.05, 3.63) is 28.2 Å². The van der Waals surface area contributed by atoms with Crippen LogP contribution in [0, 0.1) is 0 Å². The third-order valence-electron chi connectivity index (χ3n) is 3.34. The van der Waals surface area contributed by atoms with Crippen LogP contribution in [0.1, 0.15) is 20.3 Å². The number of hydrogen-bond donors (Lipinski definition) is 1. The molecule has 0 aromatic heterocycles. The molecule has 0 spiro atoms. The zero-order valence-electron chi connectivity index (χ0n) is 10.9. The molecule has 106 valence electrons. The van der Waals surface area contributed by atoms with Crippen LogP contribution in [0.25, 0.3) is 0 Å². The lowest BCUT2D eigenvalue weighted by Crippen LogP contribution is -2.46. The Hall–Kier alpha value is -1.59. The Kier molecular flexibility index (Phi) is 3.75. The van der Waals surface area contributed by atoms with Crippen LogP contribution in [0.3, 0.4) is 0 Å². The van der Waals surface area contributed by atoms with Crippen molar-refractivity contribution in [1.82, 2.24) is 0 Å². The zero-order chi connectivity index (χ0) is 15.1. The van der Waals surface area contributed by atoms with Gasteiger partial charge in [0.1, 0.15) is 11.3 Å². The monoisotopic (exact) mass is 314 g/mol. The first-order valence-electron chi connectivity index (χ1n) is 5.83. The molecule has 0 radical (unpaired) electrons. The molecule has 0 aliphatic carbocycles. The molecular weight excluding hydrogens is 303 g/mol. The molecule has 0 saturated heterocycles. The third kappa shape index (κ3) is 2.39. The number of carboxylic acids is 1. The highest BCUT2D eigenvalue weighted by molar-refractivity contribution is 6.39. The van der Waals surface area contributed by atoms with Gasteiger partial charge in [-0.3, -0.25) is 4.79 Å². The highest BCUT2D eigenvalue weighted by Gasteiger charge is 2.45. The predicted molar refractivity (Wildman–Crippen MR) is 77.7 cm³/mol. The molecule has 0 saturated carbocycles. The van der Waals surface area contributed by atoms with Crippen LogP contribution >= 0.6 is 23.2 Å². The Morgan fingerprint density at radius 1 is 1.40 bits per heavy atom. The summed E-state index contributed by atoms with van der Waals surface area (Å²) in [6.45, 7) is 3.04.